The Bertz CT molecular complexity index is 966. The first-order valence-corrected chi connectivity index (χ1v) is 8.53. The van der Waals surface area contributed by atoms with Gasteiger partial charge in [0, 0.05) is 11.3 Å². The highest BCUT2D eigenvalue weighted by Gasteiger charge is 2.32. The predicted molar refractivity (Wildman–Crippen MR) is 99.2 cm³/mol. The summed E-state index contributed by atoms with van der Waals surface area (Å²) in [6, 6.07) is 3.57. The maximum Gasteiger partial charge on any atom is 0.426 e. The average Bonchev–Trinajstić information content (AvgIpc) is 2.56. The summed E-state index contributed by atoms with van der Waals surface area (Å²) in [5.41, 5.74) is -1.34. The molecular formula is C17H8Cl3F5N2O2. The molecule has 4 nitrogen and oxygen atoms in total. The third-order valence-corrected chi connectivity index (χ3v) is 4.24. The molecular weight excluding hydrogens is 466 g/mol. The summed E-state index contributed by atoms with van der Waals surface area (Å²) in [6.45, 7) is 0. The summed E-state index contributed by atoms with van der Waals surface area (Å²) >= 11 is 16.9. The van der Waals surface area contributed by atoms with Crippen molar-refractivity contribution in [2.45, 2.75) is 6.18 Å². The van der Waals surface area contributed by atoms with E-state index in [1.54, 1.807) is 5.32 Å². The van der Waals surface area contributed by atoms with Crippen LogP contribution >= 0.6 is 34.8 Å². The minimum absolute atomic E-state index is 0.111. The van der Waals surface area contributed by atoms with Gasteiger partial charge in [0.05, 0.1) is 10.0 Å². The van der Waals surface area contributed by atoms with E-state index in [9.17, 15) is 31.5 Å². The minimum Gasteiger partial charge on any atom is -0.308 e. The zero-order valence-electron chi connectivity index (χ0n) is 13.8. The summed E-state index contributed by atoms with van der Waals surface area (Å²) in [5.74, 6) is -3.72. The molecule has 12 heteroatoms. The lowest BCUT2D eigenvalue weighted by Gasteiger charge is -2.11. The molecule has 0 aliphatic carbocycles. The average molecular weight is 474 g/mol. The Morgan fingerprint density at radius 3 is 2.00 bits per heavy atom. The monoisotopic (exact) mass is 472 g/mol. The molecule has 2 aromatic rings. The van der Waals surface area contributed by atoms with E-state index in [0.717, 1.165) is 30.3 Å². The highest BCUT2D eigenvalue weighted by molar-refractivity contribution is 6.39. The van der Waals surface area contributed by atoms with E-state index in [2.05, 4.69) is 5.32 Å². The number of imide groups is 1. The number of carbonyl (C=O) groups is 2. The van der Waals surface area contributed by atoms with Crippen molar-refractivity contribution in [2.75, 3.05) is 5.32 Å². The number of allylic oxidation sites excluding steroid dienone is 1. The molecule has 2 aromatic carbocycles. The van der Waals surface area contributed by atoms with Gasteiger partial charge in [-0.2, -0.15) is 13.2 Å². The Labute approximate surface area is 175 Å². The van der Waals surface area contributed by atoms with Crippen molar-refractivity contribution in [2.24, 2.45) is 0 Å². The summed E-state index contributed by atoms with van der Waals surface area (Å²) in [5, 5.41) is 1.75. The number of urea groups is 1. The van der Waals surface area contributed by atoms with E-state index in [4.69, 9.17) is 34.8 Å². The van der Waals surface area contributed by atoms with Crippen molar-refractivity contribution in [3.8, 4) is 0 Å². The Hall–Kier alpha value is -2.36. The van der Waals surface area contributed by atoms with Gasteiger partial charge in [0.1, 0.15) is 22.2 Å². The van der Waals surface area contributed by atoms with E-state index >= 15 is 0 Å². The van der Waals surface area contributed by atoms with Crippen LogP contribution in [0.25, 0.3) is 6.08 Å². The highest BCUT2D eigenvalue weighted by Crippen LogP contribution is 2.36. The topological polar surface area (TPSA) is 58.2 Å². The fourth-order valence-electron chi connectivity index (χ4n) is 2.05. The van der Waals surface area contributed by atoms with E-state index in [1.807, 2.05) is 0 Å². The molecule has 0 bridgehead atoms. The van der Waals surface area contributed by atoms with E-state index < -0.39 is 40.3 Å². The standard InChI is InChI=1S/C17H8Cl3F5N2O2/c18-9-4-7(5-10(19)8(9)6-13(20)17(23,24)25)26-16(29)27-15(28)14-11(21)2-1-3-12(14)22/h1-6H,(H2,26,27,28,29)/b13-6-. The molecule has 0 aromatic heterocycles. The molecule has 154 valence electrons. The molecule has 2 N–H and O–H groups in total. The van der Waals surface area contributed by atoms with Gasteiger partial charge in [-0.05, 0) is 30.3 Å². The Kier molecular flexibility index (Phi) is 7.10. The van der Waals surface area contributed by atoms with Crippen LogP contribution in [0.15, 0.2) is 35.4 Å². The fraction of sp³-hybridized carbons (Fsp3) is 0.0588. The molecule has 0 radical (unpaired) electrons. The van der Waals surface area contributed by atoms with Crippen molar-refractivity contribution in [1.29, 1.82) is 0 Å². The van der Waals surface area contributed by atoms with Crippen LogP contribution in [0.3, 0.4) is 0 Å². The number of nitrogens with one attached hydrogen (secondary N) is 2. The Balaban J connectivity index is 2.18. The number of hydrogen-bond acceptors (Lipinski definition) is 2. The van der Waals surface area contributed by atoms with E-state index in [-0.39, 0.29) is 21.3 Å². The van der Waals surface area contributed by atoms with Gasteiger partial charge in [-0.25, -0.2) is 13.6 Å². The second-order valence-electron chi connectivity index (χ2n) is 5.35. The number of halogens is 8. The fourth-order valence-corrected chi connectivity index (χ4v) is 2.75. The number of amides is 3. The van der Waals surface area contributed by atoms with Crippen LogP contribution in [0, 0.1) is 11.6 Å². The van der Waals surface area contributed by atoms with Crippen molar-refractivity contribution in [3.63, 3.8) is 0 Å². The van der Waals surface area contributed by atoms with Crippen LogP contribution < -0.4 is 10.6 Å². The molecule has 0 saturated carbocycles. The van der Waals surface area contributed by atoms with Crippen LogP contribution in [-0.4, -0.2) is 18.1 Å². The van der Waals surface area contributed by atoms with Crippen molar-refractivity contribution in [1.82, 2.24) is 5.32 Å². The Morgan fingerprint density at radius 1 is 1.00 bits per heavy atom. The molecule has 0 aliphatic heterocycles. The number of carbonyl (C=O) groups excluding carboxylic acids is 2. The van der Waals surface area contributed by atoms with Gasteiger partial charge in [0.15, 0.2) is 0 Å². The van der Waals surface area contributed by atoms with Gasteiger partial charge in [-0.3, -0.25) is 10.1 Å². The molecule has 2 rings (SSSR count). The summed E-state index contributed by atoms with van der Waals surface area (Å²) in [7, 11) is 0. The minimum atomic E-state index is -4.81. The molecule has 0 fully saturated rings. The number of hydrogen-bond donors (Lipinski definition) is 2. The van der Waals surface area contributed by atoms with Gasteiger partial charge >= 0.3 is 12.2 Å². The zero-order valence-corrected chi connectivity index (χ0v) is 16.1. The van der Waals surface area contributed by atoms with Crippen molar-refractivity contribution in [3.05, 3.63) is 68.2 Å². The quantitative estimate of drug-likeness (QED) is 0.509. The molecule has 29 heavy (non-hydrogen) atoms. The summed E-state index contributed by atoms with van der Waals surface area (Å²) in [4.78, 5) is 23.7. The smallest absolute Gasteiger partial charge is 0.308 e. The summed E-state index contributed by atoms with van der Waals surface area (Å²) in [6.07, 6.45) is -4.31. The molecule has 0 saturated heterocycles. The van der Waals surface area contributed by atoms with E-state index in [0.29, 0.717) is 6.08 Å². The van der Waals surface area contributed by atoms with Crippen LogP contribution in [-0.2, 0) is 0 Å². The summed E-state index contributed by atoms with van der Waals surface area (Å²) < 4.78 is 64.7. The van der Waals surface area contributed by atoms with Gasteiger partial charge in [0.25, 0.3) is 5.91 Å². The van der Waals surface area contributed by atoms with Gasteiger partial charge in [-0.1, -0.05) is 40.9 Å². The van der Waals surface area contributed by atoms with Crippen LogP contribution in [0.1, 0.15) is 15.9 Å². The highest BCUT2D eigenvalue weighted by atomic mass is 35.5. The van der Waals surface area contributed by atoms with Gasteiger partial charge in [0.2, 0.25) is 0 Å². The lowest BCUT2D eigenvalue weighted by Crippen LogP contribution is -2.35. The third kappa shape index (κ3) is 5.81. The van der Waals surface area contributed by atoms with Crippen molar-refractivity contribution >= 4 is 58.5 Å². The molecule has 0 unspecified atom stereocenters. The molecule has 0 atom stereocenters. The van der Waals surface area contributed by atoms with Crippen molar-refractivity contribution < 1.29 is 31.5 Å². The largest absolute Gasteiger partial charge is 0.426 e. The van der Waals surface area contributed by atoms with Crippen LogP contribution in [0.5, 0.6) is 0 Å². The Morgan fingerprint density at radius 2 is 1.52 bits per heavy atom. The maximum atomic E-state index is 13.6. The van der Waals surface area contributed by atoms with Crippen LogP contribution in [0.2, 0.25) is 10.0 Å². The van der Waals surface area contributed by atoms with Gasteiger partial charge in [-0.15, -0.1) is 0 Å². The normalized spacial score (nSPS) is 11.9. The molecule has 3 amide bonds. The SMILES string of the molecule is O=C(NC(=O)c1c(F)cccc1F)Nc1cc(Cl)c(/C=C(\Cl)C(F)(F)F)c(Cl)c1. The lowest BCUT2D eigenvalue weighted by atomic mass is 10.1. The number of rotatable bonds is 3. The second kappa shape index (κ2) is 8.98. The van der Waals surface area contributed by atoms with Crippen LogP contribution in [0.4, 0.5) is 32.4 Å². The first kappa shape index (κ1) is 22.9. The first-order valence-electron chi connectivity index (χ1n) is 7.40. The second-order valence-corrected chi connectivity index (χ2v) is 6.57. The lowest BCUT2D eigenvalue weighted by molar-refractivity contribution is -0.0836. The number of benzene rings is 2. The van der Waals surface area contributed by atoms with Gasteiger partial charge < -0.3 is 5.32 Å². The third-order valence-electron chi connectivity index (χ3n) is 3.30. The number of anilines is 1. The number of alkyl halides is 3. The molecule has 0 heterocycles. The zero-order chi connectivity index (χ0) is 21.9. The predicted octanol–water partition coefficient (Wildman–Crippen LogP) is 6.38. The molecule has 0 aliphatic rings. The molecule has 0 spiro atoms. The van der Waals surface area contributed by atoms with E-state index in [1.165, 1.54) is 0 Å². The maximum absolute atomic E-state index is 13.6. The first-order chi connectivity index (χ1) is 13.4.